The Bertz CT molecular complexity index is 409. The van der Waals surface area contributed by atoms with Crippen LogP contribution in [0.2, 0.25) is 19.6 Å². The van der Waals surface area contributed by atoms with Crippen LogP contribution in [0.3, 0.4) is 0 Å². The molecular formula is C15H26O4Si. The van der Waals surface area contributed by atoms with Gasteiger partial charge in [0.1, 0.15) is 11.7 Å². The summed E-state index contributed by atoms with van der Waals surface area (Å²) in [7, 11) is -1.66. The number of carbonyl (C=O) groups excluding carboxylic acids is 2. The lowest BCUT2D eigenvalue weighted by Gasteiger charge is -2.37. The highest BCUT2D eigenvalue weighted by molar-refractivity contribution is 6.70. The molecule has 0 aromatic carbocycles. The molecule has 0 spiro atoms. The summed E-state index contributed by atoms with van der Waals surface area (Å²) >= 11 is 0. The zero-order chi connectivity index (χ0) is 15.6. The summed E-state index contributed by atoms with van der Waals surface area (Å²) in [5.74, 6) is 0.382. The molecule has 20 heavy (non-hydrogen) atoms. The lowest BCUT2D eigenvalue weighted by Crippen LogP contribution is -2.43. The van der Waals surface area contributed by atoms with Crippen molar-refractivity contribution >= 4 is 20.6 Å². The molecule has 5 heteroatoms. The second-order valence-corrected chi connectivity index (χ2v) is 11.2. The van der Waals surface area contributed by atoms with Gasteiger partial charge >= 0.3 is 5.97 Å². The Kier molecular flexibility index (Phi) is 5.19. The number of rotatable bonds is 5. The minimum atomic E-state index is -1.66. The maximum atomic E-state index is 12.2. The molecule has 1 aliphatic carbocycles. The van der Waals surface area contributed by atoms with Gasteiger partial charge in [-0.1, -0.05) is 6.92 Å². The van der Waals surface area contributed by atoms with Crippen molar-refractivity contribution in [3.63, 3.8) is 0 Å². The summed E-state index contributed by atoms with van der Waals surface area (Å²) in [5.41, 5.74) is -1.06. The van der Waals surface area contributed by atoms with Gasteiger partial charge in [-0.2, -0.15) is 0 Å². The van der Waals surface area contributed by atoms with E-state index in [2.05, 4.69) is 19.6 Å². The van der Waals surface area contributed by atoms with Gasteiger partial charge in [0.25, 0.3) is 0 Å². The monoisotopic (exact) mass is 298 g/mol. The van der Waals surface area contributed by atoms with E-state index < -0.39 is 19.7 Å². The maximum absolute atomic E-state index is 12.2. The van der Waals surface area contributed by atoms with Gasteiger partial charge in [-0.15, -0.1) is 0 Å². The molecule has 114 valence electrons. The van der Waals surface area contributed by atoms with Gasteiger partial charge in [0.15, 0.2) is 0 Å². The number of hydrogen-bond acceptors (Lipinski definition) is 4. The molecule has 0 unspecified atom stereocenters. The van der Waals surface area contributed by atoms with Crippen molar-refractivity contribution in [2.45, 2.75) is 59.4 Å². The summed E-state index contributed by atoms with van der Waals surface area (Å²) in [6.45, 7) is 11.9. The lowest BCUT2D eigenvalue weighted by molar-refractivity contribution is -0.164. The first-order chi connectivity index (χ1) is 9.10. The summed E-state index contributed by atoms with van der Waals surface area (Å²) in [4.78, 5) is 23.8. The van der Waals surface area contributed by atoms with E-state index in [-0.39, 0.29) is 12.0 Å². The number of carbonyl (C=O) groups is 2. The van der Waals surface area contributed by atoms with Crippen LogP contribution in [0.5, 0.6) is 0 Å². The summed E-state index contributed by atoms with van der Waals surface area (Å²) < 4.78 is 11.2. The first-order valence-electron chi connectivity index (χ1n) is 7.16. The summed E-state index contributed by atoms with van der Waals surface area (Å²) in [6, 6.07) is 0. The Morgan fingerprint density at radius 2 is 2.05 bits per heavy atom. The fourth-order valence-electron chi connectivity index (χ4n) is 2.35. The van der Waals surface area contributed by atoms with E-state index in [1.165, 1.54) is 0 Å². The van der Waals surface area contributed by atoms with Crippen molar-refractivity contribution in [3.05, 3.63) is 11.8 Å². The average Bonchev–Trinajstić information content (AvgIpc) is 2.26. The van der Waals surface area contributed by atoms with Crippen LogP contribution in [0.25, 0.3) is 0 Å². The van der Waals surface area contributed by atoms with Gasteiger partial charge in [0.2, 0.25) is 8.32 Å². The third kappa shape index (κ3) is 3.95. The van der Waals surface area contributed by atoms with Gasteiger partial charge in [0, 0.05) is 6.42 Å². The molecule has 1 rings (SSSR count). The predicted molar refractivity (Wildman–Crippen MR) is 80.6 cm³/mol. The third-order valence-corrected chi connectivity index (χ3v) is 4.30. The normalized spacial score (nSPS) is 26.9. The van der Waals surface area contributed by atoms with Crippen molar-refractivity contribution in [2.75, 3.05) is 0 Å². The number of hydrogen-bond donors (Lipinski definition) is 0. The fraction of sp³-hybridized carbons (Fsp3) is 0.733. The van der Waals surface area contributed by atoms with E-state index in [1.807, 2.05) is 13.0 Å². The highest BCUT2D eigenvalue weighted by Gasteiger charge is 2.47. The van der Waals surface area contributed by atoms with Crippen LogP contribution in [-0.4, -0.2) is 26.7 Å². The van der Waals surface area contributed by atoms with Crippen molar-refractivity contribution in [3.8, 4) is 0 Å². The molecule has 0 bridgehead atoms. The molecule has 0 radical (unpaired) electrons. The molecule has 2 atom stereocenters. The van der Waals surface area contributed by atoms with Gasteiger partial charge < -0.3 is 14.0 Å². The number of allylic oxidation sites excluding steroid dienone is 2. The van der Waals surface area contributed by atoms with Gasteiger partial charge in [-0.3, -0.25) is 4.79 Å². The Hall–Kier alpha value is -1.10. The van der Waals surface area contributed by atoms with Crippen LogP contribution in [0.15, 0.2) is 11.8 Å². The standard InChI is InChI=1S/C15H26O4Si/c1-11(2)18-14(17)15(10-16)8-7-13(9-12(15)3)19-20(4,5)6/h7,10-12H,8-9H2,1-6H3/t12-,15-/m0/s1. The van der Waals surface area contributed by atoms with E-state index in [9.17, 15) is 9.59 Å². The molecule has 0 heterocycles. The molecule has 0 saturated carbocycles. The van der Waals surface area contributed by atoms with Crippen LogP contribution < -0.4 is 0 Å². The fourth-order valence-corrected chi connectivity index (χ4v) is 3.30. The Labute approximate surface area is 122 Å². The largest absolute Gasteiger partial charge is 0.548 e. The molecule has 0 amide bonds. The van der Waals surface area contributed by atoms with Crippen LogP contribution >= 0.6 is 0 Å². The molecule has 0 aliphatic heterocycles. The Balaban J connectivity index is 2.92. The van der Waals surface area contributed by atoms with Gasteiger partial charge in [-0.05, 0) is 51.9 Å². The van der Waals surface area contributed by atoms with Crippen LogP contribution in [-0.2, 0) is 18.8 Å². The van der Waals surface area contributed by atoms with Gasteiger partial charge in [0.05, 0.1) is 11.9 Å². The number of esters is 1. The summed E-state index contributed by atoms with van der Waals surface area (Å²) in [5, 5.41) is 0. The smallest absolute Gasteiger partial charge is 0.320 e. The van der Waals surface area contributed by atoms with Gasteiger partial charge in [-0.25, -0.2) is 0 Å². The molecule has 0 fully saturated rings. The highest BCUT2D eigenvalue weighted by atomic mass is 28.4. The molecule has 0 aromatic rings. The Morgan fingerprint density at radius 3 is 2.45 bits per heavy atom. The molecule has 0 N–H and O–H groups in total. The minimum Gasteiger partial charge on any atom is -0.548 e. The molecule has 0 aromatic heterocycles. The molecule has 4 nitrogen and oxygen atoms in total. The van der Waals surface area contributed by atoms with E-state index in [0.29, 0.717) is 12.8 Å². The minimum absolute atomic E-state index is 0.109. The van der Waals surface area contributed by atoms with E-state index >= 15 is 0 Å². The molecular weight excluding hydrogens is 272 g/mol. The topological polar surface area (TPSA) is 52.6 Å². The van der Waals surface area contributed by atoms with E-state index in [4.69, 9.17) is 9.16 Å². The Morgan fingerprint density at radius 1 is 1.45 bits per heavy atom. The van der Waals surface area contributed by atoms with Crippen molar-refractivity contribution < 1.29 is 18.8 Å². The predicted octanol–water partition coefficient (Wildman–Crippen LogP) is 3.29. The second-order valence-electron chi connectivity index (χ2n) is 6.81. The first kappa shape index (κ1) is 16.9. The quantitative estimate of drug-likeness (QED) is 0.338. The first-order valence-corrected chi connectivity index (χ1v) is 10.6. The lowest BCUT2D eigenvalue weighted by atomic mass is 9.70. The zero-order valence-electron chi connectivity index (χ0n) is 13.4. The zero-order valence-corrected chi connectivity index (χ0v) is 14.4. The van der Waals surface area contributed by atoms with Crippen molar-refractivity contribution in [1.82, 2.24) is 0 Å². The summed E-state index contributed by atoms with van der Waals surface area (Å²) in [6.07, 6.45) is 3.40. The van der Waals surface area contributed by atoms with Crippen molar-refractivity contribution in [2.24, 2.45) is 11.3 Å². The average molecular weight is 298 g/mol. The van der Waals surface area contributed by atoms with Crippen molar-refractivity contribution in [1.29, 1.82) is 0 Å². The van der Waals surface area contributed by atoms with Crippen LogP contribution in [0.1, 0.15) is 33.6 Å². The highest BCUT2D eigenvalue weighted by Crippen LogP contribution is 2.41. The van der Waals surface area contributed by atoms with E-state index in [1.54, 1.807) is 13.8 Å². The van der Waals surface area contributed by atoms with E-state index in [0.717, 1.165) is 12.0 Å². The van der Waals surface area contributed by atoms with Crippen LogP contribution in [0, 0.1) is 11.3 Å². The SMILES string of the molecule is CC(C)OC(=O)[C@]1(C=O)CC=C(O[Si](C)(C)C)C[C@@H]1C. The molecule has 1 aliphatic rings. The third-order valence-electron chi connectivity index (χ3n) is 3.42. The maximum Gasteiger partial charge on any atom is 0.320 e. The number of ether oxygens (including phenoxy) is 1. The number of aldehydes is 1. The second kappa shape index (κ2) is 6.12. The van der Waals surface area contributed by atoms with Crippen LogP contribution in [0.4, 0.5) is 0 Å². The molecule has 0 saturated heterocycles.